The molecule has 0 aliphatic heterocycles. The zero-order chi connectivity index (χ0) is 19.0. The van der Waals surface area contributed by atoms with Crippen LogP contribution < -0.4 is 10.1 Å². The molecule has 3 aromatic heterocycles. The second kappa shape index (κ2) is 6.85. The van der Waals surface area contributed by atoms with Crippen LogP contribution in [0, 0.1) is 6.92 Å². The predicted octanol–water partition coefficient (Wildman–Crippen LogP) is 4.27. The Bertz CT molecular complexity index is 1150. The molecule has 0 bridgehead atoms. The van der Waals surface area contributed by atoms with Gasteiger partial charge in [0.1, 0.15) is 21.3 Å². The Labute approximate surface area is 160 Å². The molecule has 1 N–H and O–H groups in total. The second-order valence-corrected chi connectivity index (χ2v) is 7.12. The molecule has 0 radical (unpaired) electrons. The summed E-state index contributed by atoms with van der Waals surface area (Å²) >= 11 is 1.38. The fourth-order valence-electron chi connectivity index (χ4n) is 3.03. The van der Waals surface area contributed by atoms with E-state index in [9.17, 15) is 4.79 Å². The molecule has 4 rings (SSSR count). The van der Waals surface area contributed by atoms with Crippen molar-refractivity contribution in [2.24, 2.45) is 7.05 Å². The first kappa shape index (κ1) is 17.2. The number of aromatic nitrogens is 3. The molecule has 1 aromatic carbocycles. The minimum atomic E-state index is -0.195. The lowest BCUT2D eigenvalue weighted by molar-refractivity contribution is 0.102. The summed E-state index contributed by atoms with van der Waals surface area (Å²) in [5, 5.41) is 4.74. The summed E-state index contributed by atoms with van der Waals surface area (Å²) in [7, 11) is 3.53. The molecule has 0 saturated carbocycles. The lowest BCUT2D eigenvalue weighted by Gasteiger charge is -2.08. The molecule has 7 heteroatoms. The minimum Gasteiger partial charge on any atom is -0.495 e. The van der Waals surface area contributed by atoms with E-state index in [1.54, 1.807) is 13.3 Å². The topological polar surface area (TPSA) is 69.0 Å². The van der Waals surface area contributed by atoms with E-state index in [4.69, 9.17) is 4.74 Å². The SMILES string of the molecule is COc1ccccc1NC(=O)c1sc(-c2cn(C)c3ncccc23)nc1C. The molecule has 0 fully saturated rings. The van der Waals surface area contributed by atoms with E-state index in [2.05, 4.69) is 15.3 Å². The van der Waals surface area contributed by atoms with Crippen LogP contribution in [0.2, 0.25) is 0 Å². The summed E-state index contributed by atoms with van der Waals surface area (Å²) in [5.41, 5.74) is 3.20. The number of methoxy groups -OCH3 is 1. The largest absolute Gasteiger partial charge is 0.495 e. The van der Waals surface area contributed by atoms with Crippen LogP contribution in [-0.4, -0.2) is 27.6 Å². The fourth-order valence-corrected chi connectivity index (χ4v) is 4.02. The van der Waals surface area contributed by atoms with E-state index in [1.165, 1.54) is 11.3 Å². The number of thiazole rings is 1. The Kier molecular flexibility index (Phi) is 4.37. The van der Waals surface area contributed by atoms with Gasteiger partial charge in [0.15, 0.2) is 0 Å². The number of pyridine rings is 1. The van der Waals surface area contributed by atoms with E-state index in [0.29, 0.717) is 22.0 Å². The zero-order valence-electron chi connectivity index (χ0n) is 15.2. The van der Waals surface area contributed by atoms with Crippen LogP contribution in [-0.2, 0) is 7.05 Å². The van der Waals surface area contributed by atoms with Crippen molar-refractivity contribution in [3.63, 3.8) is 0 Å². The average Bonchev–Trinajstić information content (AvgIpc) is 3.23. The molecule has 3 heterocycles. The highest BCUT2D eigenvalue weighted by Crippen LogP contribution is 2.34. The molecule has 0 aliphatic carbocycles. The predicted molar refractivity (Wildman–Crippen MR) is 108 cm³/mol. The van der Waals surface area contributed by atoms with Crippen LogP contribution in [0.4, 0.5) is 5.69 Å². The standard InChI is InChI=1S/C20H18N4O2S/c1-12-17(19(25)23-15-8-4-5-9-16(15)26-3)27-20(22-12)14-11-24(2)18-13(14)7-6-10-21-18/h4-11H,1-3H3,(H,23,25). The van der Waals surface area contributed by atoms with Crippen molar-refractivity contribution in [1.82, 2.24) is 14.5 Å². The summed E-state index contributed by atoms with van der Waals surface area (Å²) in [5.74, 6) is 0.424. The van der Waals surface area contributed by atoms with E-state index in [1.807, 2.05) is 61.1 Å². The number of nitrogens with one attached hydrogen (secondary N) is 1. The Balaban J connectivity index is 1.70. The average molecular weight is 378 g/mol. The maximum atomic E-state index is 12.8. The molecule has 4 aromatic rings. The molecule has 0 atom stereocenters. The monoisotopic (exact) mass is 378 g/mol. The Morgan fingerprint density at radius 1 is 1.22 bits per heavy atom. The van der Waals surface area contributed by atoms with Gasteiger partial charge in [-0.05, 0) is 31.2 Å². The number of hydrogen-bond acceptors (Lipinski definition) is 5. The van der Waals surface area contributed by atoms with Crippen LogP contribution in [0.3, 0.4) is 0 Å². The summed E-state index contributed by atoms with van der Waals surface area (Å²) in [6.45, 7) is 1.85. The number of carbonyl (C=O) groups excluding carboxylic acids is 1. The third kappa shape index (κ3) is 3.06. The van der Waals surface area contributed by atoms with E-state index in [0.717, 1.165) is 21.6 Å². The second-order valence-electron chi connectivity index (χ2n) is 6.12. The van der Waals surface area contributed by atoms with Crippen molar-refractivity contribution in [3.8, 4) is 16.3 Å². The van der Waals surface area contributed by atoms with Crippen LogP contribution in [0.15, 0.2) is 48.8 Å². The van der Waals surface area contributed by atoms with E-state index < -0.39 is 0 Å². The summed E-state index contributed by atoms with van der Waals surface area (Å²) in [6.07, 6.45) is 3.77. The smallest absolute Gasteiger partial charge is 0.267 e. The number of carbonyl (C=O) groups is 1. The molecule has 136 valence electrons. The molecule has 0 aliphatic rings. The number of para-hydroxylation sites is 2. The molecular formula is C20H18N4O2S. The summed E-state index contributed by atoms with van der Waals surface area (Å²) in [6, 6.07) is 11.3. The van der Waals surface area contributed by atoms with Crippen molar-refractivity contribution < 1.29 is 9.53 Å². The van der Waals surface area contributed by atoms with Crippen molar-refractivity contribution >= 4 is 34.0 Å². The maximum absolute atomic E-state index is 12.8. The highest BCUT2D eigenvalue weighted by atomic mass is 32.1. The normalized spacial score (nSPS) is 10.9. The van der Waals surface area contributed by atoms with Gasteiger partial charge < -0.3 is 14.6 Å². The highest BCUT2D eigenvalue weighted by Gasteiger charge is 2.20. The maximum Gasteiger partial charge on any atom is 0.267 e. The number of rotatable bonds is 4. The van der Waals surface area contributed by atoms with Crippen LogP contribution in [0.25, 0.3) is 21.6 Å². The third-order valence-corrected chi connectivity index (χ3v) is 5.51. The fraction of sp³-hybridized carbons (Fsp3) is 0.150. The van der Waals surface area contributed by atoms with Gasteiger partial charge in [-0.3, -0.25) is 4.79 Å². The molecule has 1 amide bonds. The van der Waals surface area contributed by atoms with Crippen molar-refractivity contribution in [1.29, 1.82) is 0 Å². The van der Waals surface area contributed by atoms with Crippen molar-refractivity contribution in [2.75, 3.05) is 12.4 Å². The lowest BCUT2D eigenvalue weighted by Crippen LogP contribution is -2.12. The van der Waals surface area contributed by atoms with Gasteiger partial charge in [0, 0.05) is 30.4 Å². The van der Waals surface area contributed by atoms with Gasteiger partial charge in [-0.1, -0.05) is 12.1 Å². The Morgan fingerprint density at radius 2 is 2.04 bits per heavy atom. The third-order valence-electron chi connectivity index (χ3n) is 4.32. The minimum absolute atomic E-state index is 0.195. The molecular weight excluding hydrogens is 360 g/mol. The van der Waals surface area contributed by atoms with Gasteiger partial charge in [-0.15, -0.1) is 11.3 Å². The van der Waals surface area contributed by atoms with Gasteiger partial charge in [0.2, 0.25) is 0 Å². The quantitative estimate of drug-likeness (QED) is 0.576. The first-order chi connectivity index (χ1) is 13.1. The van der Waals surface area contributed by atoms with Crippen LogP contribution in [0.1, 0.15) is 15.4 Å². The van der Waals surface area contributed by atoms with Gasteiger partial charge in [0.25, 0.3) is 5.91 Å². The number of nitrogens with zero attached hydrogens (tertiary/aromatic N) is 3. The number of benzene rings is 1. The van der Waals surface area contributed by atoms with Gasteiger partial charge in [0.05, 0.1) is 18.5 Å². The summed E-state index contributed by atoms with van der Waals surface area (Å²) in [4.78, 5) is 22.4. The number of ether oxygens (including phenoxy) is 1. The molecule has 27 heavy (non-hydrogen) atoms. The number of hydrogen-bond donors (Lipinski definition) is 1. The first-order valence-electron chi connectivity index (χ1n) is 8.40. The zero-order valence-corrected chi connectivity index (χ0v) is 16.0. The van der Waals surface area contributed by atoms with Gasteiger partial charge >= 0.3 is 0 Å². The Morgan fingerprint density at radius 3 is 2.85 bits per heavy atom. The van der Waals surface area contributed by atoms with Crippen LogP contribution >= 0.6 is 11.3 Å². The number of amides is 1. The first-order valence-corrected chi connectivity index (χ1v) is 9.22. The molecule has 0 spiro atoms. The lowest BCUT2D eigenvalue weighted by atomic mass is 10.2. The summed E-state index contributed by atoms with van der Waals surface area (Å²) < 4.78 is 7.27. The number of fused-ring (bicyclic) bond motifs is 1. The van der Waals surface area contributed by atoms with Crippen molar-refractivity contribution in [2.45, 2.75) is 6.92 Å². The number of anilines is 1. The van der Waals surface area contributed by atoms with E-state index in [-0.39, 0.29) is 5.91 Å². The van der Waals surface area contributed by atoms with Gasteiger partial charge in [-0.25, -0.2) is 9.97 Å². The Hall–Kier alpha value is -3.19. The highest BCUT2D eigenvalue weighted by molar-refractivity contribution is 7.17. The molecule has 6 nitrogen and oxygen atoms in total. The van der Waals surface area contributed by atoms with Crippen LogP contribution in [0.5, 0.6) is 5.75 Å². The number of aryl methyl sites for hydroxylation is 2. The molecule has 0 unspecified atom stereocenters. The van der Waals surface area contributed by atoms with Gasteiger partial charge in [-0.2, -0.15) is 0 Å². The van der Waals surface area contributed by atoms with E-state index >= 15 is 0 Å². The molecule has 0 saturated heterocycles. The van der Waals surface area contributed by atoms with Crippen molar-refractivity contribution in [3.05, 3.63) is 59.4 Å².